The van der Waals surface area contributed by atoms with Crippen molar-refractivity contribution in [3.8, 4) is 0 Å². The first-order valence-electron chi connectivity index (χ1n) is 8.10. The first kappa shape index (κ1) is 16.7. The van der Waals surface area contributed by atoms with Crippen LogP contribution in [0.25, 0.3) is 10.2 Å². The fourth-order valence-electron chi connectivity index (χ4n) is 3.26. The van der Waals surface area contributed by atoms with Crippen LogP contribution in [0.5, 0.6) is 0 Å². The number of fused-ring (bicyclic) bond motifs is 2. The Morgan fingerprint density at radius 3 is 3.08 bits per heavy atom. The van der Waals surface area contributed by atoms with E-state index in [9.17, 15) is 9.59 Å². The van der Waals surface area contributed by atoms with Crippen LogP contribution in [0, 0.1) is 17.6 Å². The molecule has 1 aliphatic rings. The van der Waals surface area contributed by atoms with E-state index in [1.54, 1.807) is 11.3 Å². The maximum Gasteiger partial charge on any atom is 0.282 e. The summed E-state index contributed by atoms with van der Waals surface area (Å²) in [5.74, 6) is 0.378. The second kappa shape index (κ2) is 6.19. The van der Waals surface area contributed by atoms with Gasteiger partial charge >= 0.3 is 0 Å². The number of amides is 1. The molecule has 0 unspecified atom stereocenters. The monoisotopic (exact) mass is 391 g/mol. The Hall–Kier alpha value is -1.77. The number of H-pyrrole nitrogens is 1. The molecule has 0 aromatic carbocycles. The SMILES string of the molecule is Cc1cc2c(=O)n(NC(=O)c3csc4c3CC[C@H](C)C4)c(=S)[nH]c2s1. The summed E-state index contributed by atoms with van der Waals surface area (Å²) >= 11 is 8.37. The molecule has 130 valence electrons. The number of nitrogens with zero attached hydrogens (tertiary/aromatic N) is 1. The van der Waals surface area contributed by atoms with Gasteiger partial charge in [-0.1, -0.05) is 6.92 Å². The molecule has 5 nitrogen and oxygen atoms in total. The molecule has 3 heterocycles. The van der Waals surface area contributed by atoms with Gasteiger partial charge in [0.15, 0.2) is 0 Å². The van der Waals surface area contributed by atoms with Crippen LogP contribution < -0.4 is 11.0 Å². The Balaban J connectivity index is 1.71. The lowest BCUT2D eigenvalue weighted by Crippen LogP contribution is -2.34. The minimum Gasteiger partial charge on any atom is -0.322 e. The molecule has 0 aliphatic heterocycles. The van der Waals surface area contributed by atoms with Crippen molar-refractivity contribution in [3.05, 3.63) is 47.5 Å². The van der Waals surface area contributed by atoms with E-state index < -0.39 is 0 Å². The molecular weight excluding hydrogens is 374 g/mol. The molecule has 4 rings (SSSR count). The molecule has 0 fully saturated rings. The van der Waals surface area contributed by atoms with Crippen molar-refractivity contribution in [2.45, 2.75) is 33.1 Å². The summed E-state index contributed by atoms with van der Waals surface area (Å²) < 4.78 is 1.34. The largest absolute Gasteiger partial charge is 0.322 e. The van der Waals surface area contributed by atoms with Crippen LogP contribution in [-0.2, 0) is 12.8 Å². The maximum absolute atomic E-state index is 12.8. The summed E-state index contributed by atoms with van der Waals surface area (Å²) in [6.07, 6.45) is 3.02. The van der Waals surface area contributed by atoms with Crippen molar-refractivity contribution in [1.29, 1.82) is 0 Å². The van der Waals surface area contributed by atoms with Gasteiger partial charge in [0.05, 0.1) is 10.9 Å². The summed E-state index contributed by atoms with van der Waals surface area (Å²) in [5.41, 5.74) is 4.17. The van der Waals surface area contributed by atoms with E-state index in [1.165, 1.54) is 16.2 Å². The highest BCUT2D eigenvalue weighted by Crippen LogP contribution is 2.32. The van der Waals surface area contributed by atoms with E-state index in [-0.39, 0.29) is 16.2 Å². The maximum atomic E-state index is 12.8. The quantitative estimate of drug-likeness (QED) is 0.649. The zero-order valence-electron chi connectivity index (χ0n) is 13.8. The first-order valence-corrected chi connectivity index (χ1v) is 10.2. The molecule has 25 heavy (non-hydrogen) atoms. The van der Waals surface area contributed by atoms with Gasteiger partial charge in [-0.2, -0.15) is 4.68 Å². The Morgan fingerprint density at radius 1 is 1.48 bits per heavy atom. The first-order chi connectivity index (χ1) is 11.9. The van der Waals surface area contributed by atoms with Crippen LogP contribution in [0.4, 0.5) is 0 Å². The van der Waals surface area contributed by atoms with Crippen molar-refractivity contribution < 1.29 is 4.79 Å². The lowest BCUT2D eigenvalue weighted by molar-refractivity contribution is 0.101. The molecule has 1 atom stereocenters. The number of aryl methyl sites for hydroxylation is 1. The number of thiophene rings is 2. The number of aromatic nitrogens is 2. The smallest absolute Gasteiger partial charge is 0.282 e. The second-order valence-electron chi connectivity index (χ2n) is 6.51. The van der Waals surface area contributed by atoms with Crippen LogP contribution in [-0.4, -0.2) is 15.6 Å². The topological polar surface area (TPSA) is 66.9 Å². The minimum absolute atomic E-state index is 0.199. The number of rotatable bonds is 2. The van der Waals surface area contributed by atoms with Gasteiger partial charge in [0, 0.05) is 15.1 Å². The summed E-state index contributed by atoms with van der Waals surface area (Å²) in [5, 5.41) is 2.43. The highest BCUT2D eigenvalue weighted by molar-refractivity contribution is 7.71. The van der Waals surface area contributed by atoms with Gasteiger partial charge in [0.25, 0.3) is 11.5 Å². The summed E-state index contributed by atoms with van der Waals surface area (Å²) in [6, 6.07) is 1.81. The summed E-state index contributed by atoms with van der Waals surface area (Å²) in [4.78, 5) is 31.5. The molecule has 0 bridgehead atoms. The average molecular weight is 392 g/mol. The van der Waals surface area contributed by atoms with Crippen molar-refractivity contribution in [1.82, 2.24) is 9.66 Å². The van der Waals surface area contributed by atoms with E-state index >= 15 is 0 Å². The number of hydrogen-bond acceptors (Lipinski definition) is 5. The predicted octanol–water partition coefficient (Wildman–Crippen LogP) is 4.00. The normalized spacial score (nSPS) is 16.8. The van der Waals surface area contributed by atoms with Crippen LogP contribution in [0.15, 0.2) is 16.2 Å². The van der Waals surface area contributed by atoms with Gasteiger partial charge in [-0.15, -0.1) is 22.7 Å². The molecule has 0 spiro atoms. The predicted molar refractivity (Wildman–Crippen MR) is 105 cm³/mol. The van der Waals surface area contributed by atoms with Crippen molar-refractivity contribution in [3.63, 3.8) is 0 Å². The summed E-state index contributed by atoms with van der Waals surface area (Å²) in [7, 11) is 0. The van der Waals surface area contributed by atoms with Gasteiger partial charge in [-0.25, -0.2) is 0 Å². The van der Waals surface area contributed by atoms with Crippen LogP contribution in [0.1, 0.15) is 39.0 Å². The molecule has 0 saturated heterocycles. The lowest BCUT2D eigenvalue weighted by atomic mass is 9.88. The third kappa shape index (κ3) is 2.88. The molecule has 8 heteroatoms. The Kier molecular flexibility index (Phi) is 4.13. The number of carbonyl (C=O) groups excluding carboxylic acids is 1. The second-order valence-corrected chi connectivity index (χ2v) is 9.12. The molecule has 0 radical (unpaired) electrons. The molecule has 2 N–H and O–H groups in total. The molecule has 1 amide bonds. The van der Waals surface area contributed by atoms with Gasteiger partial charge in [0.2, 0.25) is 4.77 Å². The Bertz CT molecular complexity index is 1100. The molecule has 1 aliphatic carbocycles. The van der Waals surface area contributed by atoms with Crippen molar-refractivity contribution in [2.75, 3.05) is 5.43 Å². The van der Waals surface area contributed by atoms with E-state index in [2.05, 4.69) is 17.3 Å². The zero-order chi connectivity index (χ0) is 17.7. The standard InChI is InChI=1S/C17H17N3O2S3/c1-8-3-4-10-12(7-24-13(10)5-8)14(21)19-20-16(22)11-6-9(2)25-15(11)18-17(20)23/h6-8H,3-5H2,1-2H3,(H,18,23)(H,19,21)/t8-/m0/s1. The van der Waals surface area contributed by atoms with Crippen molar-refractivity contribution >= 4 is 51.0 Å². The third-order valence-corrected chi connectivity index (χ3v) is 6.87. The van der Waals surface area contributed by atoms with Gasteiger partial charge in [-0.05, 0) is 56.0 Å². The molecule has 3 aromatic rings. The molecular formula is C17H17N3O2S3. The number of hydrogen-bond donors (Lipinski definition) is 2. The Morgan fingerprint density at radius 2 is 2.28 bits per heavy atom. The van der Waals surface area contributed by atoms with Gasteiger partial charge < -0.3 is 4.98 Å². The van der Waals surface area contributed by atoms with Crippen LogP contribution in [0.2, 0.25) is 0 Å². The van der Waals surface area contributed by atoms with E-state index in [0.717, 1.165) is 39.2 Å². The van der Waals surface area contributed by atoms with Crippen molar-refractivity contribution in [2.24, 2.45) is 5.92 Å². The number of nitrogens with one attached hydrogen (secondary N) is 2. The number of carbonyl (C=O) groups is 1. The summed E-state index contributed by atoms with van der Waals surface area (Å²) in [6.45, 7) is 4.17. The van der Waals surface area contributed by atoms with E-state index in [1.807, 2.05) is 18.4 Å². The molecule has 3 aromatic heterocycles. The molecule has 0 saturated carbocycles. The average Bonchev–Trinajstić information content (AvgIpc) is 3.13. The van der Waals surface area contributed by atoms with Gasteiger partial charge in [0.1, 0.15) is 4.83 Å². The van der Waals surface area contributed by atoms with Crippen LogP contribution in [0.3, 0.4) is 0 Å². The minimum atomic E-state index is -0.297. The van der Waals surface area contributed by atoms with Crippen LogP contribution >= 0.6 is 34.9 Å². The fraction of sp³-hybridized carbons (Fsp3) is 0.353. The van der Waals surface area contributed by atoms with E-state index in [4.69, 9.17) is 12.2 Å². The lowest BCUT2D eigenvalue weighted by Gasteiger charge is -2.19. The third-order valence-electron chi connectivity index (χ3n) is 4.57. The zero-order valence-corrected chi connectivity index (χ0v) is 16.3. The highest BCUT2D eigenvalue weighted by Gasteiger charge is 2.23. The van der Waals surface area contributed by atoms with Gasteiger partial charge in [-0.3, -0.25) is 15.0 Å². The van der Waals surface area contributed by atoms with E-state index in [0.29, 0.717) is 16.9 Å². The Labute approximate surface area is 157 Å². The number of aromatic amines is 1. The highest BCUT2D eigenvalue weighted by atomic mass is 32.1. The fourth-order valence-corrected chi connectivity index (χ4v) is 5.71.